The van der Waals surface area contributed by atoms with Crippen LogP contribution in [0.1, 0.15) is 23.1 Å². The monoisotopic (exact) mass is 353 g/mol. The van der Waals surface area contributed by atoms with Crippen LogP contribution in [0.15, 0.2) is 36.0 Å². The van der Waals surface area contributed by atoms with Crippen LogP contribution >= 0.6 is 11.3 Å². The molecule has 0 spiro atoms. The lowest BCUT2D eigenvalue weighted by Crippen LogP contribution is -2.30. The van der Waals surface area contributed by atoms with Gasteiger partial charge in [-0.1, -0.05) is 19.1 Å². The molecule has 25 heavy (non-hydrogen) atoms. The lowest BCUT2D eigenvalue weighted by atomic mass is 9.98. The van der Waals surface area contributed by atoms with Crippen molar-refractivity contribution >= 4 is 17.0 Å². The Morgan fingerprint density at radius 2 is 2.24 bits per heavy atom. The van der Waals surface area contributed by atoms with Gasteiger partial charge in [-0.05, 0) is 30.2 Å². The van der Waals surface area contributed by atoms with E-state index in [-0.39, 0.29) is 0 Å². The Bertz CT molecular complexity index is 866. The average molecular weight is 353 g/mol. The van der Waals surface area contributed by atoms with E-state index in [1.165, 1.54) is 16.8 Å². The number of nitrogens with one attached hydrogen (secondary N) is 1. The van der Waals surface area contributed by atoms with Gasteiger partial charge in [-0.25, -0.2) is 4.98 Å². The van der Waals surface area contributed by atoms with Gasteiger partial charge in [0.1, 0.15) is 5.01 Å². The predicted molar refractivity (Wildman–Crippen MR) is 103 cm³/mol. The number of nitrogens with zero attached hydrogens (tertiary/aromatic N) is 4. The van der Waals surface area contributed by atoms with E-state index in [1.807, 2.05) is 24.1 Å². The van der Waals surface area contributed by atoms with Crippen LogP contribution in [0.25, 0.3) is 11.3 Å². The summed E-state index contributed by atoms with van der Waals surface area (Å²) in [5, 5.41) is 11.0. The molecule has 0 saturated carbocycles. The van der Waals surface area contributed by atoms with Crippen molar-refractivity contribution in [3.05, 3.63) is 52.1 Å². The molecule has 4 rings (SSSR count). The number of anilines is 1. The van der Waals surface area contributed by atoms with Gasteiger partial charge < -0.3 is 5.32 Å². The van der Waals surface area contributed by atoms with Crippen molar-refractivity contribution in [2.24, 2.45) is 7.05 Å². The van der Waals surface area contributed by atoms with Crippen molar-refractivity contribution < 1.29 is 0 Å². The average Bonchev–Trinajstić information content (AvgIpc) is 3.28. The summed E-state index contributed by atoms with van der Waals surface area (Å²) in [6.45, 7) is 6.32. The summed E-state index contributed by atoms with van der Waals surface area (Å²) in [6.07, 6.45) is 4.98. The first-order chi connectivity index (χ1) is 12.2. The SMILES string of the molecule is CCN1CCc2c(cccc2NCc2nc(-c3cnn(C)c3)cs2)C1. The minimum absolute atomic E-state index is 0.763. The highest BCUT2D eigenvalue weighted by Crippen LogP contribution is 2.27. The van der Waals surface area contributed by atoms with E-state index in [9.17, 15) is 0 Å². The lowest BCUT2D eigenvalue weighted by molar-refractivity contribution is 0.268. The van der Waals surface area contributed by atoms with Crippen molar-refractivity contribution in [1.82, 2.24) is 19.7 Å². The van der Waals surface area contributed by atoms with Gasteiger partial charge in [0.05, 0.1) is 18.4 Å². The molecule has 2 aromatic heterocycles. The molecule has 6 heteroatoms. The van der Waals surface area contributed by atoms with Crippen LogP contribution in [-0.2, 0) is 26.6 Å². The van der Waals surface area contributed by atoms with E-state index < -0.39 is 0 Å². The molecule has 1 aliphatic rings. The highest BCUT2D eigenvalue weighted by atomic mass is 32.1. The number of hydrogen-bond acceptors (Lipinski definition) is 5. The molecule has 1 N–H and O–H groups in total. The minimum atomic E-state index is 0.763. The molecule has 1 aliphatic heterocycles. The Labute approximate surface area is 152 Å². The second kappa shape index (κ2) is 6.98. The van der Waals surface area contributed by atoms with Crippen LogP contribution < -0.4 is 5.32 Å². The van der Waals surface area contributed by atoms with Gasteiger partial charge in [0, 0.05) is 43.0 Å². The second-order valence-corrected chi connectivity index (χ2v) is 7.39. The summed E-state index contributed by atoms with van der Waals surface area (Å²) < 4.78 is 1.81. The molecule has 130 valence electrons. The topological polar surface area (TPSA) is 46.0 Å². The number of rotatable bonds is 5. The maximum Gasteiger partial charge on any atom is 0.112 e. The second-order valence-electron chi connectivity index (χ2n) is 6.44. The Hall–Kier alpha value is -2.18. The van der Waals surface area contributed by atoms with Crippen LogP contribution in [0, 0.1) is 0 Å². The number of aromatic nitrogens is 3. The molecule has 0 atom stereocenters. The van der Waals surface area contributed by atoms with E-state index >= 15 is 0 Å². The highest BCUT2D eigenvalue weighted by molar-refractivity contribution is 7.09. The molecule has 0 aliphatic carbocycles. The van der Waals surface area contributed by atoms with Crippen molar-refractivity contribution in [2.45, 2.75) is 26.4 Å². The zero-order chi connectivity index (χ0) is 17.2. The van der Waals surface area contributed by atoms with Gasteiger partial charge in [-0.15, -0.1) is 11.3 Å². The van der Waals surface area contributed by atoms with E-state index in [4.69, 9.17) is 4.98 Å². The van der Waals surface area contributed by atoms with E-state index in [0.29, 0.717) is 0 Å². The molecule has 0 unspecified atom stereocenters. The molecule has 3 heterocycles. The maximum atomic E-state index is 4.74. The van der Waals surface area contributed by atoms with Gasteiger partial charge in [0.15, 0.2) is 0 Å². The summed E-state index contributed by atoms with van der Waals surface area (Å²) in [7, 11) is 1.93. The molecular weight excluding hydrogens is 330 g/mol. The van der Waals surface area contributed by atoms with Crippen LogP contribution in [-0.4, -0.2) is 32.8 Å². The molecule has 0 saturated heterocycles. The maximum absolute atomic E-state index is 4.74. The van der Waals surface area contributed by atoms with Gasteiger partial charge in [0.2, 0.25) is 0 Å². The summed E-state index contributed by atoms with van der Waals surface area (Å²) >= 11 is 1.70. The molecule has 0 amide bonds. The summed E-state index contributed by atoms with van der Waals surface area (Å²) in [6, 6.07) is 6.60. The van der Waals surface area contributed by atoms with Crippen LogP contribution in [0.5, 0.6) is 0 Å². The van der Waals surface area contributed by atoms with E-state index in [0.717, 1.165) is 48.9 Å². The number of hydrogen-bond donors (Lipinski definition) is 1. The molecule has 3 aromatic rings. The fraction of sp³-hybridized carbons (Fsp3) is 0.368. The molecule has 0 radical (unpaired) electrons. The number of likely N-dealkylation sites (N-methyl/N-ethyl adjacent to an activating group) is 1. The fourth-order valence-corrected chi connectivity index (χ4v) is 4.10. The smallest absolute Gasteiger partial charge is 0.112 e. The van der Waals surface area contributed by atoms with Crippen LogP contribution in [0.2, 0.25) is 0 Å². The van der Waals surface area contributed by atoms with Crippen molar-refractivity contribution in [3.63, 3.8) is 0 Å². The molecule has 5 nitrogen and oxygen atoms in total. The largest absolute Gasteiger partial charge is 0.378 e. The Morgan fingerprint density at radius 1 is 1.32 bits per heavy atom. The van der Waals surface area contributed by atoms with Crippen molar-refractivity contribution in [3.8, 4) is 11.3 Å². The zero-order valence-electron chi connectivity index (χ0n) is 14.7. The highest BCUT2D eigenvalue weighted by Gasteiger charge is 2.17. The first kappa shape index (κ1) is 16.3. The summed E-state index contributed by atoms with van der Waals surface area (Å²) in [5.41, 5.74) is 6.25. The third kappa shape index (κ3) is 3.45. The van der Waals surface area contributed by atoms with Gasteiger partial charge >= 0.3 is 0 Å². The fourth-order valence-electron chi connectivity index (χ4n) is 3.35. The van der Waals surface area contributed by atoms with E-state index in [1.54, 1.807) is 11.3 Å². The predicted octanol–water partition coefficient (Wildman–Crippen LogP) is 3.53. The Kier molecular flexibility index (Phi) is 4.55. The first-order valence-corrected chi connectivity index (χ1v) is 9.61. The van der Waals surface area contributed by atoms with Crippen LogP contribution in [0.3, 0.4) is 0 Å². The van der Waals surface area contributed by atoms with Gasteiger partial charge in [0.25, 0.3) is 0 Å². The summed E-state index contributed by atoms with van der Waals surface area (Å²) in [5.74, 6) is 0. The summed E-state index contributed by atoms with van der Waals surface area (Å²) in [4.78, 5) is 7.23. The Morgan fingerprint density at radius 3 is 3.04 bits per heavy atom. The standard InChI is InChI=1S/C19H23N5S/c1-3-24-8-7-16-14(12-24)5-4-6-17(16)20-10-19-22-18(13-25-19)15-9-21-23(2)11-15/h4-6,9,11,13,20H,3,7-8,10,12H2,1-2H3. The van der Waals surface area contributed by atoms with Crippen molar-refractivity contribution in [1.29, 1.82) is 0 Å². The molecule has 1 aromatic carbocycles. The number of aryl methyl sites for hydroxylation is 1. The van der Waals surface area contributed by atoms with E-state index in [2.05, 4.69) is 45.8 Å². The quantitative estimate of drug-likeness (QED) is 0.762. The van der Waals surface area contributed by atoms with Crippen molar-refractivity contribution in [2.75, 3.05) is 18.4 Å². The normalized spacial score (nSPS) is 14.5. The molecular formula is C19H23N5S. The molecule has 0 bridgehead atoms. The van der Waals surface area contributed by atoms with Gasteiger partial charge in [-0.2, -0.15) is 5.10 Å². The Balaban J connectivity index is 1.47. The lowest BCUT2D eigenvalue weighted by Gasteiger charge is -2.29. The number of benzene rings is 1. The third-order valence-electron chi connectivity index (χ3n) is 4.77. The third-order valence-corrected chi connectivity index (χ3v) is 5.62. The molecule has 0 fully saturated rings. The zero-order valence-corrected chi connectivity index (χ0v) is 15.5. The minimum Gasteiger partial charge on any atom is -0.378 e. The number of fused-ring (bicyclic) bond motifs is 1. The van der Waals surface area contributed by atoms with Crippen LogP contribution in [0.4, 0.5) is 5.69 Å². The first-order valence-electron chi connectivity index (χ1n) is 8.73. The van der Waals surface area contributed by atoms with Gasteiger partial charge in [-0.3, -0.25) is 9.58 Å². The number of thiazole rings is 1.